The van der Waals surface area contributed by atoms with Gasteiger partial charge < -0.3 is 14.9 Å². The first-order valence-electron chi connectivity index (χ1n) is 6.41. The van der Waals surface area contributed by atoms with Crippen LogP contribution in [0.1, 0.15) is 31.9 Å². The fourth-order valence-electron chi connectivity index (χ4n) is 2.57. The average molecular weight is 361 g/mol. The Morgan fingerprint density at radius 1 is 1.44 bits per heavy atom. The number of halogens is 1. The van der Waals surface area contributed by atoms with E-state index in [1.54, 1.807) is 0 Å². The van der Waals surface area contributed by atoms with E-state index in [2.05, 4.69) is 36.1 Å². The molecule has 2 atom stereocenters. The predicted octanol–water partition coefficient (Wildman–Crippen LogP) is 3.93. The summed E-state index contributed by atoms with van der Waals surface area (Å²) in [5.74, 6) is 1.77. The second-order valence-electron chi connectivity index (χ2n) is 4.99. The fourth-order valence-corrected chi connectivity index (χ4v) is 3.13. The van der Waals surface area contributed by atoms with Crippen molar-refractivity contribution < 1.29 is 9.15 Å². The molecule has 0 amide bonds. The van der Waals surface area contributed by atoms with Crippen LogP contribution in [0, 0.1) is 15.6 Å². The molecule has 18 heavy (non-hydrogen) atoms. The van der Waals surface area contributed by atoms with Crippen molar-refractivity contribution in [2.75, 3.05) is 18.9 Å². The number of hydrogen-bond acceptors (Lipinski definition) is 3. The number of furan rings is 1. The number of rotatable bonds is 2. The summed E-state index contributed by atoms with van der Waals surface area (Å²) < 4.78 is 12.0. The van der Waals surface area contributed by atoms with Crippen LogP contribution in [0.15, 0.2) is 17.1 Å². The van der Waals surface area contributed by atoms with E-state index in [-0.39, 0.29) is 0 Å². The largest absolute Gasteiger partial charge is 0.448 e. The van der Waals surface area contributed by atoms with Crippen LogP contribution in [0.3, 0.4) is 0 Å². The van der Waals surface area contributed by atoms with Gasteiger partial charge in [0.15, 0.2) is 9.53 Å². The predicted molar refractivity (Wildman–Crippen MR) is 82.2 cm³/mol. The number of ether oxygens (including phenoxy) is 1. The molecule has 1 aliphatic heterocycles. The molecule has 4 heteroatoms. The molecule has 1 saturated heterocycles. The van der Waals surface area contributed by atoms with Gasteiger partial charge in [0.2, 0.25) is 0 Å². The lowest BCUT2D eigenvalue weighted by Crippen LogP contribution is -2.19. The standard InChI is InChI=1S/C14H20INO2/c1-9-5-7-17-6-3-4-11(9)10(2)14-12(16)8-13(15)18-14/h8-9,11H,2-7,16H2,1H3. The molecule has 1 fully saturated rings. The summed E-state index contributed by atoms with van der Waals surface area (Å²) in [7, 11) is 0. The molecule has 0 saturated carbocycles. The summed E-state index contributed by atoms with van der Waals surface area (Å²) in [5, 5.41) is 0. The van der Waals surface area contributed by atoms with Gasteiger partial charge in [0.25, 0.3) is 0 Å². The summed E-state index contributed by atoms with van der Waals surface area (Å²) in [4.78, 5) is 0. The minimum Gasteiger partial charge on any atom is -0.448 e. The van der Waals surface area contributed by atoms with Crippen LogP contribution < -0.4 is 5.73 Å². The summed E-state index contributed by atoms with van der Waals surface area (Å²) in [6.45, 7) is 8.18. The van der Waals surface area contributed by atoms with Gasteiger partial charge in [-0.05, 0) is 59.3 Å². The maximum atomic E-state index is 5.98. The minimum atomic E-state index is 0.443. The van der Waals surface area contributed by atoms with E-state index in [1.165, 1.54) is 0 Å². The molecule has 2 N–H and O–H groups in total. The number of nitrogens with two attached hydrogens (primary N) is 1. The Morgan fingerprint density at radius 3 is 2.89 bits per heavy atom. The Morgan fingerprint density at radius 2 is 2.22 bits per heavy atom. The molecule has 0 bridgehead atoms. The van der Waals surface area contributed by atoms with E-state index in [0.29, 0.717) is 17.5 Å². The van der Waals surface area contributed by atoms with Crippen molar-refractivity contribution in [1.82, 2.24) is 0 Å². The van der Waals surface area contributed by atoms with Gasteiger partial charge in [-0.3, -0.25) is 0 Å². The summed E-state index contributed by atoms with van der Waals surface area (Å²) >= 11 is 2.14. The molecule has 0 aromatic carbocycles. The third-order valence-corrected chi connectivity index (χ3v) is 4.21. The smallest absolute Gasteiger partial charge is 0.166 e. The highest BCUT2D eigenvalue weighted by atomic mass is 127. The topological polar surface area (TPSA) is 48.4 Å². The zero-order valence-electron chi connectivity index (χ0n) is 10.7. The Kier molecular flexibility index (Phi) is 4.72. The molecule has 0 aliphatic carbocycles. The van der Waals surface area contributed by atoms with Crippen molar-refractivity contribution in [2.45, 2.75) is 26.2 Å². The van der Waals surface area contributed by atoms with Gasteiger partial charge in [-0.15, -0.1) is 0 Å². The molecule has 1 aromatic rings. The molecule has 0 spiro atoms. The van der Waals surface area contributed by atoms with Crippen molar-refractivity contribution in [3.63, 3.8) is 0 Å². The van der Waals surface area contributed by atoms with Crippen molar-refractivity contribution in [2.24, 2.45) is 11.8 Å². The van der Waals surface area contributed by atoms with Crippen LogP contribution in [-0.4, -0.2) is 13.2 Å². The third-order valence-electron chi connectivity index (χ3n) is 3.68. The Hall–Kier alpha value is -0.490. The van der Waals surface area contributed by atoms with Crippen molar-refractivity contribution >= 4 is 33.9 Å². The molecule has 3 nitrogen and oxygen atoms in total. The normalized spacial score (nSPS) is 25.4. The molecular weight excluding hydrogens is 341 g/mol. The van der Waals surface area contributed by atoms with Crippen LogP contribution in [0.25, 0.3) is 5.57 Å². The molecule has 100 valence electrons. The monoisotopic (exact) mass is 361 g/mol. The maximum absolute atomic E-state index is 5.98. The second-order valence-corrected chi connectivity index (χ2v) is 6.05. The quantitative estimate of drug-likeness (QED) is 0.812. The fraction of sp³-hybridized carbons (Fsp3) is 0.571. The summed E-state index contributed by atoms with van der Waals surface area (Å²) in [5.41, 5.74) is 7.73. The first kappa shape index (κ1) is 13.9. The van der Waals surface area contributed by atoms with Crippen LogP contribution in [0.5, 0.6) is 0 Å². The molecule has 2 unspecified atom stereocenters. The number of hydrogen-bond donors (Lipinski definition) is 1. The minimum absolute atomic E-state index is 0.443. The van der Waals surface area contributed by atoms with E-state index < -0.39 is 0 Å². The molecule has 1 aromatic heterocycles. The third kappa shape index (κ3) is 3.09. The zero-order chi connectivity index (χ0) is 13.1. The Labute approximate surface area is 122 Å². The van der Waals surface area contributed by atoms with E-state index in [4.69, 9.17) is 14.9 Å². The molecule has 2 heterocycles. The Balaban J connectivity index is 2.17. The van der Waals surface area contributed by atoms with Gasteiger partial charge in [0.05, 0.1) is 5.69 Å². The van der Waals surface area contributed by atoms with Crippen LogP contribution in [0.4, 0.5) is 5.69 Å². The zero-order valence-corrected chi connectivity index (χ0v) is 12.9. The van der Waals surface area contributed by atoms with Gasteiger partial charge in [-0.2, -0.15) is 0 Å². The maximum Gasteiger partial charge on any atom is 0.166 e. The van der Waals surface area contributed by atoms with Crippen molar-refractivity contribution in [3.8, 4) is 0 Å². The average Bonchev–Trinajstić information content (AvgIpc) is 2.63. The van der Waals surface area contributed by atoms with Gasteiger partial charge in [0.1, 0.15) is 0 Å². The number of allylic oxidation sites excluding steroid dienone is 1. The number of anilines is 1. The summed E-state index contributed by atoms with van der Waals surface area (Å²) in [6, 6.07) is 1.86. The van der Waals surface area contributed by atoms with Gasteiger partial charge in [-0.1, -0.05) is 13.5 Å². The SMILES string of the molecule is C=C(c1oc(I)cc1N)C1CCCOCCC1C. The highest BCUT2D eigenvalue weighted by Crippen LogP contribution is 2.37. The molecule has 0 radical (unpaired) electrons. The molecular formula is C14H20INO2. The van der Waals surface area contributed by atoms with E-state index >= 15 is 0 Å². The first-order valence-corrected chi connectivity index (χ1v) is 7.49. The molecule has 1 aliphatic rings. The van der Waals surface area contributed by atoms with E-state index in [1.807, 2.05) is 6.07 Å². The van der Waals surface area contributed by atoms with E-state index in [9.17, 15) is 0 Å². The summed E-state index contributed by atoms with van der Waals surface area (Å²) in [6.07, 6.45) is 3.24. The molecule has 2 rings (SSSR count). The lowest BCUT2D eigenvalue weighted by Gasteiger charge is -2.27. The highest BCUT2D eigenvalue weighted by Gasteiger charge is 2.25. The Bertz CT molecular complexity index is 427. The van der Waals surface area contributed by atoms with E-state index in [0.717, 1.165) is 47.6 Å². The van der Waals surface area contributed by atoms with Crippen molar-refractivity contribution in [1.29, 1.82) is 0 Å². The van der Waals surface area contributed by atoms with Crippen LogP contribution >= 0.6 is 22.6 Å². The highest BCUT2D eigenvalue weighted by molar-refractivity contribution is 14.1. The van der Waals surface area contributed by atoms with Crippen LogP contribution in [0.2, 0.25) is 0 Å². The van der Waals surface area contributed by atoms with Gasteiger partial charge in [0, 0.05) is 19.3 Å². The van der Waals surface area contributed by atoms with Gasteiger partial charge in [-0.25, -0.2) is 0 Å². The number of nitrogen functional groups attached to an aromatic ring is 1. The second kappa shape index (κ2) is 6.10. The first-order chi connectivity index (χ1) is 8.59. The lowest BCUT2D eigenvalue weighted by atomic mass is 9.81. The van der Waals surface area contributed by atoms with Crippen molar-refractivity contribution in [3.05, 3.63) is 22.2 Å². The van der Waals surface area contributed by atoms with Crippen LogP contribution in [-0.2, 0) is 4.74 Å². The van der Waals surface area contributed by atoms with Gasteiger partial charge >= 0.3 is 0 Å². The lowest BCUT2D eigenvalue weighted by molar-refractivity contribution is 0.0936.